The monoisotopic (exact) mass is 373 g/mol. The van der Waals surface area contributed by atoms with E-state index < -0.39 is 0 Å². The van der Waals surface area contributed by atoms with Gasteiger partial charge in [-0.2, -0.15) is 0 Å². The van der Waals surface area contributed by atoms with Gasteiger partial charge in [0, 0.05) is 9.61 Å². The maximum Gasteiger partial charge on any atom is 0.0330 e. The molecular weight excluding hydrogens is 345 g/mol. The van der Waals surface area contributed by atoms with Gasteiger partial charge < -0.3 is 5.32 Å². The van der Waals surface area contributed by atoms with Gasteiger partial charge in [0.2, 0.25) is 0 Å². The van der Waals surface area contributed by atoms with Gasteiger partial charge in [0.25, 0.3) is 0 Å². The lowest BCUT2D eigenvalue weighted by Crippen LogP contribution is -2.23. The Morgan fingerprint density at radius 1 is 1.21 bits per heavy atom. The summed E-state index contributed by atoms with van der Waals surface area (Å²) in [7, 11) is 0. The van der Waals surface area contributed by atoms with Crippen LogP contribution < -0.4 is 5.32 Å². The molecule has 0 heterocycles. The third-order valence-electron chi connectivity index (χ3n) is 3.51. The van der Waals surface area contributed by atoms with E-state index in [1.54, 1.807) is 0 Å². The normalized spacial score (nSPS) is 12.9. The minimum atomic E-state index is 0.519. The van der Waals surface area contributed by atoms with E-state index in [2.05, 4.69) is 73.8 Å². The van der Waals surface area contributed by atoms with Crippen molar-refractivity contribution in [1.29, 1.82) is 0 Å². The number of halogens is 1. The lowest BCUT2D eigenvalue weighted by molar-refractivity contribution is 0.446. The Hall–Kier alpha value is -0.0900. The van der Waals surface area contributed by atoms with Crippen molar-refractivity contribution in [3.63, 3.8) is 0 Å². The predicted molar refractivity (Wildman–Crippen MR) is 93.6 cm³/mol. The fraction of sp³-hybridized carbons (Fsp3) is 0.647. The summed E-state index contributed by atoms with van der Waals surface area (Å²) in [4.78, 5) is 0. The van der Waals surface area contributed by atoms with E-state index >= 15 is 0 Å². The summed E-state index contributed by atoms with van der Waals surface area (Å²) in [5.74, 6) is 0.809. The summed E-state index contributed by atoms with van der Waals surface area (Å²) in [5.41, 5.74) is 2.88. The molecule has 0 spiro atoms. The van der Waals surface area contributed by atoms with E-state index in [0.717, 1.165) is 12.5 Å². The average molecular weight is 373 g/mol. The molecule has 1 nitrogen and oxygen atoms in total. The second-order valence-electron chi connectivity index (χ2n) is 5.81. The van der Waals surface area contributed by atoms with E-state index in [4.69, 9.17) is 0 Å². The Bertz CT molecular complexity index is 374. The molecule has 1 rings (SSSR count). The highest BCUT2D eigenvalue weighted by atomic mass is 127. The predicted octanol–water partition coefficient (Wildman–Crippen LogP) is 5.47. The Kier molecular flexibility index (Phi) is 8.00. The third-order valence-corrected chi connectivity index (χ3v) is 4.99. The molecule has 1 aromatic carbocycles. The van der Waals surface area contributed by atoms with Crippen molar-refractivity contribution >= 4 is 22.6 Å². The molecule has 0 aliphatic heterocycles. The zero-order valence-corrected chi connectivity index (χ0v) is 15.0. The number of nitrogens with one attached hydrogen (secondary N) is 1. The Labute approximate surface area is 132 Å². The van der Waals surface area contributed by atoms with Gasteiger partial charge in [-0.25, -0.2) is 0 Å². The quantitative estimate of drug-likeness (QED) is 0.596. The van der Waals surface area contributed by atoms with E-state index in [-0.39, 0.29) is 0 Å². The summed E-state index contributed by atoms with van der Waals surface area (Å²) in [6, 6.07) is 7.20. The van der Waals surface area contributed by atoms with Crippen molar-refractivity contribution in [2.75, 3.05) is 6.54 Å². The highest BCUT2D eigenvalue weighted by Crippen LogP contribution is 2.27. The van der Waals surface area contributed by atoms with Crippen LogP contribution >= 0.6 is 22.6 Å². The summed E-state index contributed by atoms with van der Waals surface area (Å²) in [5, 5.41) is 3.72. The number of rotatable bonds is 8. The van der Waals surface area contributed by atoms with Crippen molar-refractivity contribution in [2.24, 2.45) is 5.92 Å². The van der Waals surface area contributed by atoms with E-state index in [1.165, 1.54) is 40.4 Å². The Morgan fingerprint density at radius 3 is 2.58 bits per heavy atom. The largest absolute Gasteiger partial charge is 0.310 e. The van der Waals surface area contributed by atoms with Gasteiger partial charge in [-0.1, -0.05) is 51.8 Å². The Balaban J connectivity index is 2.74. The first-order valence-corrected chi connectivity index (χ1v) is 8.62. The van der Waals surface area contributed by atoms with Crippen LogP contribution in [0.4, 0.5) is 0 Å². The van der Waals surface area contributed by atoms with Crippen molar-refractivity contribution in [2.45, 2.75) is 59.4 Å². The summed E-state index contributed by atoms with van der Waals surface area (Å²) in [6.45, 7) is 10.2. The smallest absolute Gasteiger partial charge is 0.0330 e. The second kappa shape index (κ2) is 8.96. The van der Waals surface area contributed by atoms with Crippen molar-refractivity contribution in [3.8, 4) is 0 Å². The minimum absolute atomic E-state index is 0.519. The fourth-order valence-electron chi connectivity index (χ4n) is 2.36. The molecule has 19 heavy (non-hydrogen) atoms. The molecule has 1 N–H and O–H groups in total. The van der Waals surface area contributed by atoms with Gasteiger partial charge in [-0.05, 0) is 65.9 Å². The van der Waals surface area contributed by atoms with Crippen LogP contribution in [0.2, 0.25) is 0 Å². The molecule has 0 radical (unpaired) electrons. The molecule has 1 unspecified atom stereocenters. The highest BCUT2D eigenvalue weighted by Gasteiger charge is 2.14. The molecule has 0 amide bonds. The van der Waals surface area contributed by atoms with E-state index in [9.17, 15) is 0 Å². The van der Waals surface area contributed by atoms with Crippen LogP contribution in [0.5, 0.6) is 0 Å². The molecule has 1 atom stereocenters. The van der Waals surface area contributed by atoms with Gasteiger partial charge in [-0.15, -0.1) is 0 Å². The molecule has 1 aromatic rings. The molecule has 0 saturated heterocycles. The third kappa shape index (κ3) is 5.82. The van der Waals surface area contributed by atoms with Crippen LogP contribution in [0.1, 0.15) is 63.6 Å². The zero-order chi connectivity index (χ0) is 14.3. The molecule has 0 fully saturated rings. The molecule has 0 saturated carbocycles. The highest BCUT2D eigenvalue weighted by molar-refractivity contribution is 14.1. The molecule has 0 aliphatic rings. The molecule has 108 valence electrons. The number of aryl methyl sites for hydroxylation is 1. The SMILES string of the molecule is CCCNC(CCCC(C)C)c1cccc(C)c1I. The number of benzene rings is 1. The topological polar surface area (TPSA) is 12.0 Å². The molecule has 0 aliphatic carbocycles. The minimum Gasteiger partial charge on any atom is -0.310 e. The van der Waals surface area contributed by atoms with Crippen molar-refractivity contribution < 1.29 is 0 Å². The summed E-state index contributed by atoms with van der Waals surface area (Å²) < 4.78 is 1.43. The first kappa shape index (κ1) is 17.0. The van der Waals surface area contributed by atoms with Crippen LogP contribution in [-0.4, -0.2) is 6.54 Å². The Morgan fingerprint density at radius 2 is 1.95 bits per heavy atom. The molecule has 0 aromatic heterocycles. The first-order valence-electron chi connectivity index (χ1n) is 7.54. The summed E-state index contributed by atoms with van der Waals surface area (Å²) in [6.07, 6.45) is 5.08. The fourth-order valence-corrected chi connectivity index (χ4v) is 3.09. The maximum absolute atomic E-state index is 3.72. The van der Waals surface area contributed by atoms with Crippen molar-refractivity contribution in [3.05, 3.63) is 32.9 Å². The van der Waals surface area contributed by atoms with Crippen LogP contribution in [0, 0.1) is 16.4 Å². The van der Waals surface area contributed by atoms with Gasteiger partial charge in [0.15, 0.2) is 0 Å². The van der Waals surface area contributed by atoms with E-state index in [1.807, 2.05) is 0 Å². The van der Waals surface area contributed by atoms with Crippen LogP contribution in [0.15, 0.2) is 18.2 Å². The van der Waals surface area contributed by atoms with Crippen LogP contribution in [0.25, 0.3) is 0 Å². The van der Waals surface area contributed by atoms with Gasteiger partial charge in [0.05, 0.1) is 0 Å². The standard InChI is InChI=1S/C17H28IN/c1-5-12-19-16(11-6-8-13(2)3)15-10-7-9-14(4)17(15)18/h7,9-10,13,16,19H,5-6,8,11-12H2,1-4H3. The number of hydrogen-bond donors (Lipinski definition) is 1. The van der Waals surface area contributed by atoms with E-state index in [0.29, 0.717) is 6.04 Å². The van der Waals surface area contributed by atoms with Gasteiger partial charge >= 0.3 is 0 Å². The summed E-state index contributed by atoms with van der Waals surface area (Å²) >= 11 is 2.50. The molecular formula is C17H28IN. The lowest BCUT2D eigenvalue weighted by Gasteiger charge is -2.21. The van der Waals surface area contributed by atoms with Gasteiger partial charge in [-0.3, -0.25) is 0 Å². The van der Waals surface area contributed by atoms with Gasteiger partial charge in [0.1, 0.15) is 0 Å². The maximum atomic E-state index is 3.72. The van der Waals surface area contributed by atoms with Crippen LogP contribution in [0.3, 0.4) is 0 Å². The van der Waals surface area contributed by atoms with Crippen LogP contribution in [-0.2, 0) is 0 Å². The average Bonchev–Trinajstić information content (AvgIpc) is 2.37. The molecule has 0 bridgehead atoms. The zero-order valence-electron chi connectivity index (χ0n) is 12.8. The lowest BCUT2D eigenvalue weighted by atomic mass is 9.97. The van der Waals surface area contributed by atoms with Crippen molar-refractivity contribution in [1.82, 2.24) is 5.32 Å². The second-order valence-corrected chi connectivity index (χ2v) is 6.89. The first-order chi connectivity index (χ1) is 9.06. The molecule has 2 heteroatoms. The number of hydrogen-bond acceptors (Lipinski definition) is 1.